The van der Waals surface area contributed by atoms with Gasteiger partial charge in [0.2, 0.25) is 0 Å². The molecule has 1 saturated heterocycles. The van der Waals surface area contributed by atoms with E-state index in [0.717, 1.165) is 24.3 Å². The molecular formula is C13H21N3O2. The van der Waals surface area contributed by atoms with Gasteiger partial charge in [-0.3, -0.25) is 4.90 Å². The first-order valence-corrected chi connectivity index (χ1v) is 6.47. The first kappa shape index (κ1) is 13.3. The summed E-state index contributed by atoms with van der Waals surface area (Å²) in [5.41, 5.74) is 1.10. The van der Waals surface area contributed by atoms with Crippen LogP contribution in [-0.4, -0.2) is 51.9 Å². The molecular weight excluding hydrogens is 230 g/mol. The third kappa shape index (κ3) is 3.19. The molecule has 1 aromatic rings. The molecule has 0 radical (unpaired) electrons. The molecule has 0 amide bonds. The zero-order valence-corrected chi connectivity index (χ0v) is 10.7. The van der Waals surface area contributed by atoms with E-state index in [1.54, 1.807) is 6.20 Å². The largest absolute Gasteiger partial charge is 0.389 e. The maximum absolute atomic E-state index is 9.53. The van der Waals surface area contributed by atoms with Crippen molar-refractivity contribution in [2.75, 3.05) is 25.0 Å². The fraction of sp³-hybridized carbons (Fsp3) is 0.615. The predicted molar refractivity (Wildman–Crippen MR) is 70.3 cm³/mol. The molecule has 0 aromatic carbocycles. The van der Waals surface area contributed by atoms with Crippen LogP contribution in [0, 0.1) is 0 Å². The zero-order chi connectivity index (χ0) is 13.0. The maximum Gasteiger partial charge on any atom is 0.130 e. The van der Waals surface area contributed by atoms with Crippen LogP contribution in [0.25, 0.3) is 0 Å². The monoisotopic (exact) mass is 251 g/mol. The number of aliphatic hydroxyl groups excluding tert-OH is 2. The Hall–Kier alpha value is -1.17. The van der Waals surface area contributed by atoms with Gasteiger partial charge in [-0.25, -0.2) is 4.98 Å². The van der Waals surface area contributed by atoms with Crippen LogP contribution in [-0.2, 0) is 6.54 Å². The summed E-state index contributed by atoms with van der Waals surface area (Å²) in [6.07, 6.45) is 1.56. The maximum atomic E-state index is 9.53. The summed E-state index contributed by atoms with van der Waals surface area (Å²) in [5.74, 6) is 0.898. The molecule has 2 rings (SSSR count). The van der Waals surface area contributed by atoms with E-state index in [9.17, 15) is 10.2 Å². The number of likely N-dealkylation sites (tertiary alicyclic amines) is 1. The van der Waals surface area contributed by atoms with Gasteiger partial charge in [0.25, 0.3) is 0 Å². The number of anilines is 1. The third-order valence-corrected chi connectivity index (χ3v) is 3.16. The van der Waals surface area contributed by atoms with E-state index in [-0.39, 0.29) is 0 Å². The highest BCUT2D eigenvalue weighted by Crippen LogP contribution is 2.18. The number of rotatable bonds is 5. The lowest BCUT2D eigenvalue weighted by Gasteiger charge is -2.17. The molecule has 0 aliphatic carbocycles. The normalized spacial score (nSPS) is 24.4. The van der Waals surface area contributed by atoms with E-state index < -0.39 is 12.2 Å². The molecule has 2 heterocycles. The van der Waals surface area contributed by atoms with E-state index in [2.05, 4.69) is 17.2 Å². The second kappa shape index (κ2) is 6.13. The molecule has 1 aliphatic heterocycles. The molecule has 100 valence electrons. The third-order valence-electron chi connectivity index (χ3n) is 3.16. The number of aromatic nitrogens is 1. The van der Waals surface area contributed by atoms with Crippen LogP contribution in [0.1, 0.15) is 18.9 Å². The van der Waals surface area contributed by atoms with Crippen molar-refractivity contribution in [1.82, 2.24) is 9.88 Å². The second-order valence-corrected chi connectivity index (χ2v) is 4.77. The lowest BCUT2D eigenvalue weighted by molar-refractivity contribution is 0.0572. The minimum absolute atomic E-state index is 0.517. The van der Waals surface area contributed by atoms with Gasteiger partial charge in [-0.15, -0.1) is 0 Å². The number of β-amino-alcohol motifs (C(OH)–C–C–N with tert-alkyl or cyclic N) is 2. The van der Waals surface area contributed by atoms with E-state index in [1.165, 1.54) is 0 Å². The highest BCUT2D eigenvalue weighted by Gasteiger charge is 2.29. The van der Waals surface area contributed by atoms with Gasteiger partial charge >= 0.3 is 0 Å². The molecule has 2 unspecified atom stereocenters. The van der Waals surface area contributed by atoms with Gasteiger partial charge in [0.1, 0.15) is 5.82 Å². The average Bonchev–Trinajstić information content (AvgIpc) is 2.67. The van der Waals surface area contributed by atoms with Crippen molar-refractivity contribution < 1.29 is 10.2 Å². The van der Waals surface area contributed by atoms with Crippen molar-refractivity contribution in [2.45, 2.75) is 32.1 Å². The van der Waals surface area contributed by atoms with Crippen LogP contribution in [0.5, 0.6) is 0 Å². The van der Waals surface area contributed by atoms with E-state index in [0.29, 0.717) is 19.6 Å². The van der Waals surface area contributed by atoms with Crippen molar-refractivity contribution in [3.63, 3.8) is 0 Å². The molecule has 0 saturated carbocycles. The zero-order valence-electron chi connectivity index (χ0n) is 10.7. The standard InChI is InChI=1S/C13H21N3O2/c1-2-5-14-13-10(4-3-6-15-13)7-16-8-11(17)12(18)9-16/h3-4,6,11-12,17-18H,2,5,7-9H2,1H3,(H,14,15). The average molecular weight is 251 g/mol. The number of pyridine rings is 1. The molecule has 0 bridgehead atoms. The lowest BCUT2D eigenvalue weighted by Crippen LogP contribution is -2.22. The Bertz CT molecular complexity index is 376. The molecule has 2 atom stereocenters. The summed E-state index contributed by atoms with van der Waals surface area (Å²) in [5, 5.41) is 22.4. The summed E-state index contributed by atoms with van der Waals surface area (Å²) in [4.78, 5) is 6.38. The van der Waals surface area contributed by atoms with Crippen LogP contribution in [0.2, 0.25) is 0 Å². The van der Waals surface area contributed by atoms with E-state index >= 15 is 0 Å². The number of nitrogens with zero attached hydrogens (tertiary/aromatic N) is 2. The lowest BCUT2D eigenvalue weighted by atomic mass is 10.2. The summed E-state index contributed by atoms with van der Waals surface area (Å²) < 4.78 is 0. The van der Waals surface area contributed by atoms with E-state index in [4.69, 9.17) is 0 Å². The van der Waals surface area contributed by atoms with Gasteiger partial charge < -0.3 is 15.5 Å². The van der Waals surface area contributed by atoms with Crippen molar-refractivity contribution in [3.8, 4) is 0 Å². The van der Waals surface area contributed by atoms with Crippen LogP contribution in [0.3, 0.4) is 0 Å². The Kier molecular flexibility index (Phi) is 4.52. The Morgan fingerprint density at radius 3 is 2.78 bits per heavy atom. The van der Waals surface area contributed by atoms with Gasteiger partial charge in [-0.05, 0) is 12.5 Å². The summed E-state index contributed by atoms with van der Waals surface area (Å²) >= 11 is 0. The van der Waals surface area contributed by atoms with Gasteiger partial charge in [-0.1, -0.05) is 13.0 Å². The first-order chi connectivity index (χ1) is 8.70. The van der Waals surface area contributed by atoms with Gasteiger partial charge in [0.15, 0.2) is 0 Å². The highest BCUT2D eigenvalue weighted by molar-refractivity contribution is 5.43. The topological polar surface area (TPSA) is 68.6 Å². The smallest absolute Gasteiger partial charge is 0.130 e. The second-order valence-electron chi connectivity index (χ2n) is 4.77. The quantitative estimate of drug-likeness (QED) is 0.708. The van der Waals surface area contributed by atoms with Crippen LogP contribution < -0.4 is 5.32 Å². The van der Waals surface area contributed by atoms with Crippen molar-refractivity contribution in [3.05, 3.63) is 23.9 Å². The number of hydrogen-bond donors (Lipinski definition) is 3. The Balaban J connectivity index is 2.00. The first-order valence-electron chi connectivity index (χ1n) is 6.47. The minimum atomic E-state index is -0.631. The molecule has 1 aliphatic rings. The fourth-order valence-corrected chi connectivity index (χ4v) is 2.19. The van der Waals surface area contributed by atoms with Crippen LogP contribution in [0.15, 0.2) is 18.3 Å². The Labute approximate surface area is 107 Å². The Morgan fingerprint density at radius 1 is 1.39 bits per heavy atom. The number of aliphatic hydroxyl groups is 2. The molecule has 1 fully saturated rings. The molecule has 1 aromatic heterocycles. The SMILES string of the molecule is CCCNc1ncccc1CN1CC(O)C(O)C1. The minimum Gasteiger partial charge on any atom is -0.389 e. The summed E-state index contributed by atoms with van der Waals surface area (Å²) in [7, 11) is 0. The Morgan fingerprint density at radius 2 is 2.11 bits per heavy atom. The highest BCUT2D eigenvalue weighted by atomic mass is 16.3. The molecule has 3 N–H and O–H groups in total. The van der Waals surface area contributed by atoms with Gasteiger partial charge in [0.05, 0.1) is 12.2 Å². The molecule has 5 heteroatoms. The number of nitrogens with one attached hydrogen (secondary N) is 1. The van der Waals surface area contributed by atoms with Crippen molar-refractivity contribution >= 4 is 5.82 Å². The predicted octanol–water partition coefficient (Wildman–Crippen LogP) is 0.441. The van der Waals surface area contributed by atoms with Gasteiger partial charge in [-0.2, -0.15) is 0 Å². The fourth-order valence-electron chi connectivity index (χ4n) is 2.19. The number of hydrogen-bond acceptors (Lipinski definition) is 5. The van der Waals surface area contributed by atoms with Gasteiger partial charge in [0, 0.05) is 37.9 Å². The molecule has 5 nitrogen and oxygen atoms in total. The van der Waals surface area contributed by atoms with Crippen molar-refractivity contribution in [1.29, 1.82) is 0 Å². The van der Waals surface area contributed by atoms with E-state index in [1.807, 2.05) is 17.0 Å². The summed E-state index contributed by atoms with van der Waals surface area (Å²) in [6, 6.07) is 3.94. The molecule has 0 spiro atoms. The molecule has 18 heavy (non-hydrogen) atoms. The summed E-state index contributed by atoms with van der Waals surface area (Å²) in [6.45, 7) is 4.75. The van der Waals surface area contributed by atoms with Crippen LogP contribution >= 0.6 is 0 Å². The van der Waals surface area contributed by atoms with Crippen molar-refractivity contribution in [2.24, 2.45) is 0 Å². The van der Waals surface area contributed by atoms with Crippen LogP contribution in [0.4, 0.5) is 5.82 Å².